The lowest BCUT2D eigenvalue weighted by Gasteiger charge is -2.06. The molecule has 1 N–H and O–H groups in total. The van der Waals surface area contributed by atoms with Gasteiger partial charge in [0.25, 0.3) is 5.56 Å². The maximum atomic E-state index is 11.8. The monoisotopic (exact) mass is 265 g/mol. The summed E-state index contributed by atoms with van der Waals surface area (Å²) in [6, 6.07) is 11.5. The predicted octanol–water partition coefficient (Wildman–Crippen LogP) is 2.94. The molecular formula is C16H15N3O. The number of nitrogens with one attached hydrogen (secondary N) is 1. The molecule has 0 spiro atoms. The van der Waals surface area contributed by atoms with Crippen molar-refractivity contribution in [3.05, 3.63) is 58.6 Å². The number of fused-ring (bicyclic) bond motifs is 1. The molecule has 2 heterocycles. The quantitative estimate of drug-likeness (QED) is 0.792. The summed E-state index contributed by atoms with van der Waals surface area (Å²) in [5, 5.41) is 2.08. The lowest BCUT2D eigenvalue weighted by Crippen LogP contribution is -2.11. The largest absolute Gasteiger partial charge is 0.305 e. The first-order valence-corrected chi connectivity index (χ1v) is 6.72. The average Bonchev–Trinajstić information content (AvgIpc) is 2.46. The Bertz CT molecular complexity index is 803. The molecule has 2 aromatic heterocycles. The molecule has 0 fully saturated rings. The fourth-order valence-corrected chi connectivity index (χ4v) is 2.31. The summed E-state index contributed by atoms with van der Waals surface area (Å²) in [5.74, 6) is 0.540. The zero-order chi connectivity index (χ0) is 13.9. The van der Waals surface area contributed by atoms with Crippen LogP contribution in [-0.2, 0) is 6.42 Å². The summed E-state index contributed by atoms with van der Waals surface area (Å²) in [4.78, 5) is 23.5. The molecule has 3 rings (SSSR count). The van der Waals surface area contributed by atoms with E-state index >= 15 is 0 Å². The highest BCUT2D eigenvalue weighted by Crippen LogP contribution is 2.23. The van der Waals surface area contributed by atoms with E-state index < -0.39 is 0 Å². The maximum absolute atomic E-state index is 11.8. The van der Waals surface area contributed by atoms with Gasteiger partial charge in [-0.1, -0.05) is 37.6 Å². The molecule has 0 saturated heterocycles. The van der Waals surface area contributed by atoms with Crippen molar-refractivity contribution in [2.45, 2.75) is 19.8 Å². The fraction of sp³-hybridized carbons (Fsp3) is 0.188. The van der Waals surface area contributed by atoms with Crippen LogP contribution in [-0.4, -0.2) is 15.0 Å². The lowest BCUT2D eigenvalue weighted by molar-refractivity contribution is 0.868. The number of aryl methyl sites for hydroxylation is 1. The molecule has 0 aliphatic rings. The number of benzene rings is 1. The minimum absolute atomic E-state index is 0.131. The zero-order valence-electron chi connectivity index (χ0n) is 11.3. The predicted molar refractivity (Wildman–Crippen MR) is 79.6 cm³/mol. The van der Waals surface area contributed by atoms with E-state index in [2.05, 4.69) is 21.9 Å². The number of pyridine rings is 1. The molecule has 20 heavy (non-hydrogen) atoms. The van der Waals surface area contributed by atoms with E-state index in [1.165, 1.54) is 0 Å². The summed E-state index contributed by atoms with van der Waals surface area (Å²) in [7, 11) is 0. The molecule has 0 atom stereocenters. The van der Waals surface area contributed by atoms with Crippen LogP contribution in [0.3, 0.4) is 0 Å². The van der Waals surface area contributed by atoms with Crippen molar-refractivity contribution in [3.63, 3.8) is 0 Å². The van der Waals surface area contributed by atoms with Gasteiger partial charge in [-0.05, 0) is 17.9 Å². The van der Waals surface area contributed by atoms with Crippen LogP contribution in [0.1, 0.15) is 19.0 Å². The van der Waals surface area contributed by atoms with Gasteiger partial charge in [-0.15, -0.1) is 0 Å². The van der Waals surface area contributed by atoms with Crippen molar-refractivity contribution in [2.75, 3.05) is 0 Å². The summed E-state index contributed by atoms with van der Waals surface area (Å²) >= 11 is 0. The van der Waals surface area contributed by atoms with Gasteiger partial charge in [0.2, 0.25) is 0 Å². The van der Waals surface area contributed by atoms with Gasteiger partial charge >= 0.3 is 0 Å². The minimum Gasteiger partial charge on any atom is -0.305 e. The summed E-state index contributed by atoms with van der Waals surface area (Å²) < 4.78 is 0. The minimum atomic E-state index is -0.131. The van der Waals surface area contributed by atoms with Crippen LogP contribution < -0.4 is 5.56 Å². The lowest BCUT2D eigenvalue weighted by atomic mass is 10.1. The Kier molecular flexibility index (Phi) is 3.29. The van der Waals surface area contributed by atoms with Gasteiger partial charge < -0.3 is 4.98 Å². The first-order valence-electron chi connectivity index (χ1n) is 6.72. The Balaban J connectivity index is 2.23. The topological polar surface area (TPSA) is 58.6 Å². The molecule has 0 bridgehead atoms. The molecule has 4 nitrogen and oxygen atoms in total. The van der Waals surface area contributed by atoms with Crippen molar-refractivity contribution in [3.8, 4) is 11.5 Å². The highest BCUT2D eigenvalue weighted by Gasteiger charge is 2.08. The Morgan fingerprint density at radius 3 is 2.90 bits per heavy atom. The van der Waals surface area contributed by atoms with E-state index in [4.69, 9.17) is 0 Å². The normalized spacial score (nSPS) is 10.8. The van der Waals surface area contributed by atoms with E-state index in [0.29, 0.717) is 5.82 Å². The van der Waals surface area contributed by atoms with Gasteiger partial charge in [0.05, 0.1) is 0 Å². The molecular weight excluding hydrogens is 250 g/mol. The summed E-state index contributed by atoms with van der Waals surface area (Å²) in [6.07, 6.45) is 3.49. The molecule has 0 unspecified atom stereocenters. The van der Waals surface area contributed by atoms with E-state index in [1.807, 2.05) is 30.3 Å². The van der Waals surface area contributed by atoms with Crippen molar-refractivity contribution < 1.29 is 0 Å². The van der Waals surface area contributed by atoms with Crippen molar-refractivity contribution in [1.82, 2.24) is 15.0 Å². The van der Waals surface area contributed by atoms with Gasteiger partial charge in [-0.3, -0.25) is 9.78 Å². The van der Waals surface area contributed by atoms with Crippen LogP contribution in [0.25, 0.3) is 22.3 Å². The van der Waals surface area contributed by atoms with Crippen LogP contribution in [0.2, 0.25) is 0 Å². The van der Waals surface area contributed by atoms with Crippen molar-refractivity contribution >= 4 is 10.8 Å². The van der Waals surface area contributed by atoms with Crippen molar-refractivity contribution in [2.24, 2.45) is 0 Å². The maximum Gasteiger partial charge on any atom is 0.251 e. The number of aromatic nitrogens is 3. The smallest absolute Gasteiger partial charge is 0.251 e. The Morgan fingerprint density at radius 1 is 1.20 bits per heavy atom. The SMILES string of the molecule is CCCc1cc(=O)[nH]c(-c2nccc3ccccc23)n1. The van der Waals surface area contributed by atoms with Crippen molar-refractivity contribution in [1.29, 1.82) is 0 Å². The third-order valence-corrected chi connectivity index (χ3v) is 3.20. The Labute approximate surface area is 116 Å². The molecule has 0 aliphatic heterocycles. The molecule has 100 valence electrons. The molecule has 0 amide bonds. The second-order valence-corrected chi connectivity index (χ2v) is 4.72. The Morgan fingerprint density at radius 2 is 2.05 bits per heavy atom. The molecule has 0 saturated carbocycles. The zero-order valence-corrected chi connectivity index (χ0v) is 11.3. The van der Waals surface area contributed by atoms with Gasteiger partial charge in [0.1, 0.15) is 5.69 Å². The van der Waals surface area contributed by atoms with E-state index in [1.54, 1.807) is 12.3 Å². The Hall–Kier alpha value is -2.49. The number of hydrogen-bond donors (Lipinski definition) is 1. The molecule has 3 aromatic rings. The van der Waals surface area contributed by atoms with Gasteiger partial charge in [0.15, 0.2) is 5.82 Å². The number of hydrogen-bond acceptors (Lipinski definition) is 3. The first kappa shape index (κ1) is 12.5. The standard InChI is InChI=1S/C16H15N3O/c1-2-5-12-10-14(20)19-16(18-12)15-13-7-4-3-6-11(13)8-9-17-15/h3-4,6-10H,2,5H2,1H3,(H,18,19,20). The van der Waals surface area contributed by atoms with E-state index in [0.717, 1.165) is 35.0 Å². The van der Waals surface area contributed by atoms with Crippen LogP contribution >= 0.6 is 0 Å². The third-order valence-electron chi connectivity index (χ3n) is 3.20. The molecule has 1 aromatic carbocycles. The van der Waals surface area contributed by atoms with E-state index in [9.17, 15) is 4.79 Å². The number of nitrogens with zero attached hydrogens (tertiary/aromatic N) is 2. The average molecular weight is 265 g/mol. The molecule has 0 aliphatic carbocycles. The van der Waals surface area contributed by atoms with Gasteiger partial charge in [-0.2, -0.15) is 0 Å². The van der Waals surface area contributed by atoms with Crippen LogP contribution in [0, 0.1) is 0 Å². The number of H-pyrrole nitrogens is 1. The fourth-order valence-electron chi connectivity index (χ4n) is 2.31. The van der Waals surface area contributed by atoms with Crippen LogP contribution in [0.5, 0.6) is 0 Å². The highest BCUT2D eigenvalue weighted by molar-refractivity contribution is 5.92. The molecule has 4 heteroatoms. The number of rotatable bonds is 3. The number of aromatic amines is 1. The second-order valence-electron chi connectivity index (χ2n) is 4.72. The van der Waals surface area contributed by atoms with Gasteiger partial charge in [-0.25, -0.2) is 4.98 Å². The summed E-state index contributed by atoms with van der Waals surface area (Å²) in [5.41, 5.74) is 1.40. The van der Waals surface area contributed by atoms with Gasteiger partial charge in [0, 0.05) is 23.3 Å². The first-order chi connectivity index (χ1) is 9.78. The molecule has 0 radical (unpaired) electrons. The van der Waals surface area contributed by atoms with Crippen LogP contribution in [0.15, 0.2) is 47.4 Å². The van der Waals surface area contributed by atoms with Crippen LogP contribution in [0.4, 0.5) is 0 Å². The van der Waals surface area contributed by atoms with E-state index in [-0.39, 0.29) is 5.56 Å². The summed E-state index contributed by atoms with van der Waals surface area (Å²) in [6.45, 7) is 2.07. The second kappa shape index (κ2) is 5.25. The third kappa shape index (κ3) is 2.32. The highest BCUT2D eigenvalue weighted by atomic mass is 16.1.